The highest BCUT2D eigenvalue weighted by atomic mass is 16.7. The molecule has 5 N–H and O–H groups in total. The molecular formula is C16H20O9. The Balaban J connectivity index is 2.20. The third-order valence-electron chi connectivity index (χ3n) is 3.72. The zero-order chi connectivity index (χ0) is 18.6. The van der Waals surface area contributed by atoms with Crippen molar-refractivity contribution in [2.75, 3.05) is 13.7 Å². The number of aliphatic hydroxyl groups is 4. The first-order valence-corrected chi connectivity index (χ1v) is 7.43. The van der Waals surface area contributed by atoms with E-state index >= 15 is 0 Å². The fourth-order valence-electron chi connectivity index (χ4n) is 2.29. The summed E-state index contributed by atoms with van der Waals surface area (Å²) in [6, 6.07) is 6.44. The minimum absolute atomic E-state index is 0.489. The number of aliphatic carboxylic acids is 1. The summed E-state index contributed by atoms with van der Waals surface area (Å²) in [6.45, 7) is -0.643. The molecule has 1 aromatic carbocycles. The van der Waals surface area contributed by atoms with Crippen LogP contribution < -0.4 is 4.74 Å². The van der Waals surface area contributed by atoms with Crippen molar-refractivity contribution in [2.45, 2.75) is 30.7 Å². The lowest BCUT2D eigenvalue weighted by Gasteiger charge is -2.39. The van der Waals surface area contributed by atoms with Crippen LogP contribution in [0.1, 0.15) is 5.56 Å². The van der Waals surface area contributed by atoms with Crippen LogP contribution in [0.25, 0.3) is 6.08 Å². The van der Waals surface area contributed by atoms with Gasteiger partial charge in [-0.05, 0) is 23.8 Å². The van der Waals surface area contributed by atoms with E-state index in [4.69, 9.17) is 19.3 Å². The molecule has 0 aliphatic carbocycles. The molecular weight excluding hydrogens is 336 g/mol. The molecule has 1 unspecified atom stereocenters. The first-order valence-electron chi connectivity index (χ1n) is 7.43. The molecule has 0 spiro atoms. The fraction of sp³-hybridized carbons (Fsp3) is 0.438. The molecule has 5 atom stereocenters. The van der Waals surface area contributed by atoms with Crippen LogP contribution in [0.5, 0.6) is 5.75 Å². The molecule has 0 bridgehead atoms. The van der Waals surface area contributed by atoms with Gasteiger partial charge in [-0.1, -0.05) is 12.1 Å². The van der Waals surface area contributed by atoms with Crippen LogP contribution in [0.3, 0.4) is 0 Å². The number of carboxylic acid groups (broad SMARTS) is 1. The summed E-state index contributed by atoms with van der Waals surface area (Å²) in [5, 5.41) is 47.7. The number of hydrogen-bond acceptors (Lipinski definition) is 8. The van der Waals surface area contributed by atoms with Gasteiger partial charge in [0.05, 0.1) is 13.7 Å². The molecule has 0 amide bonds. The third kappa shape index (κ3) is 4.47. The first kappa shape index (κ1) is 19.2. The summed E-state index contributed by atoms with van der Waals surface area (Å²) < 4.78 is 15.3. The molecule has 0 aromatic heterocycles. The van der Waals surface area contributed by atoms with E-state index in [-0.39, 0.29) is 0 Å². The summed E-state index contributed by atoms with van der Waals surface area (Å²) >= 11 is 0. The van der Waals surface area contributed by atoms with Crippen molar-refractivity contribution in [3.63, 3.8) is 0 Å². The highest BCUT2D eigenvalue weighted by Crippen LogP contribution is 2.24. The number of benzene rings is 1. The van der Waals surface area contributed by atoms with Crippen LogP contribution in [0.4, 0.5) is 0 Å². The van der Waals surface area contributed by atoms with Gasteiger partial charge in [-0.2, -0.15) is 0 Å². The van der Waals surface area contributed by atoms with Crippen molar-refractivity contribution < 1.29 is 44.5 Å². The average Bonchev–Trinajstić information content (AvgIpc) is 2.61. The summed E-state index contributed by atoms with van der Waals surface area (Å²) in [7, 11) is 1.50. The molecule has 1 aliphatic heterocycles. The molecule has 25 heavy (non-hydrogen) atoms. The van der Waals surface area contributed by atoms with E-state index in [1.54, 1.807) is 24.3 Å². The van der Waals surface area contributed by atoms with Gasteiger partial charge in [-0.3, -0.25) is 0 Å². The number of methoxy groups -OCH3 is 1. The zero-order valence-corrected chi connectivity index (χ0v) is 13.3. The predicted octanol–water partition coefficient (Wildman–Crippen LogP) is -1.06. The van der Waals surface area contributed by atoms with Gasteiger partial charge < -0.3 is 39.7 Å². The van der Waals surface area contributed by atoms with Crippen LogP contribution in [0.2, 0.25) is 0 Å². The maximum Gasteiger partial charge on any atom is 0.371 e. The molecule has 0 saturated carbocycles. The second-order valence-electron chi connectivity index (χ2n) is 5.40. The number of hydrogen-bond donors (Lipinski definition) is 5. The second-order valence-corrected chi connectivity index (χ2v) is 5.40. The van der Waals surface area contributed by atoms with E-state index in [2.05, 4.69) is 0 Å². The van der Waals surface area contributed by atoms with E-state index < -0.39 is 49.0 Å². The lowest BCUT2D eigenvalue weighted by Crippen LogP contribution is -2.59. The van der Waals surface area contributed by atoms with Gasteiger partial charge in [-0.25, -0.2) is 4.79 Å². The van der Waals surface area contributed by atoms with Gasteiger partial charge in [0, 0.05) is 0 Å². The Bertz CT molecular complexity index is 611. The number of rotatable bonds is 6. The number of aliphatic hydroxyl groups excluding tert-OH is 4. The van der Waals surface area contributed by atoms with Crippen LogP contribution in [-0.4, -0.2) is 75.9 Å². The van der Waals surface area contributed by atoms with Gasteiger partial charge >= 0.3 is 5.97 Å². The van der Waals surface area contributed by atoms with E-state index in [0.717, 1.165) is 0 Å². The quantitative estimate of drug-likeness (QED) is 0.318. The van der Waals surface area contributed by atoms with Gasteiger partial charge in [0.15, 0.2) is 0 Å². The summed E-state index contributed by atoms with van der Waals surface area (Å²) in [4.78, 5) is 11.4. The topological polar surface area (TPSA) is 146 Å². The molecule has 9 nitrogen and oxygen atoms in total. The SMILES string of the molecule is COc1ccc(C=C(OC2O[C@H](CO)[C@@H](O)[C@H](O)[C@H]2O)C(=O)O)cc1. The molecule has 9 heteroatoms. The first-order chi connectivity index (χ1) is 11.9. The number of ether oxygens (including phenoxy) is 3. The Morgan fingerprint density at radius 3 is 2.32 bits per heavy atom. The molecule has 1 heterocycles. The van der Waals surface area contributed by atoms with Gasteiger partial charge in [-0.15, -0.1) is 0 Å². The molecule has 1 saturated heterocycles. The lowest BCUT2D eigenvalue weighted by molar-refractivity contribution is -0.291. The zero-order valence-electron chi connectivity index (χ0n) is 13.3. The molecule has 1 fully saturated rings. The van der Waals surface area contributed by atoms with E-state index in [1.165, 1.54) is 13.2 Å². The summed E-state index contributed by atoms with van der Waals surface area (Å²) in [5.41, 5.74) is 0.489. The van der Waals surface area contributed by atoms with Crippen molar-refractivity contribution in [3.05, 3.63) is 35.6 Å². The minimum atomic E-state index is -1.70. The standard InChI is InChI=1S/C16H20O9/c1-23-9-4-2-8(3-5-9)6-10(15(21)22)24-16-14(20)13(19)12(18)11(7-17)25-16/h2-6,11-14,16-20H,7H2,1H3,(H,21,22)/t11-,12-,13+,14-,16?/m1/s1. The Morgan fingerprint density at radius 1 is 1.16 bits per heavy atom. The smallest absolute Gasteiger partial charge is 0.371 e. The number of carboxylic acids is 1. The van der Waals surface area contributed by atoms with Crippen molar-refractivity contribution in [1.82, 2.24) is 0 Å². The minimum Gasteiger partial charge on any atom is -0.497 e. The molecule has 1 aromatic rings. The monoisotopic (exact) mass is 356 g/mol. The van der Waals surface area contributed by atoms with Crippen molar-refractivity contribution in [2.24, 2.45) is 0 Å². The normalized spacial score (nSPS) is 30.0. The predicted molar refractivity (Wildman–Crippen MR) is 83.5 cm³/mol. The van der Waals surface area contributed by atoms with Crippen LogP contribution in [-0.2, 0) is 14.3 Å². The van der Waals surface area contributed by atoms with Gasteiger partial charge in [0.25, 0.3) is 0 Å². The molecule has 2 rings (SSSR count). The fourth-order valence-corrected chi connectivity index (χ4v) is 2.29. The Morgan fingerprint density at radius 2 is 1.80 bits per heavy atom. The van der Waals surface area contributed by atoms with Crippen molar-refractivity contribution in [3.8, 4) is 5.75 Å². The Hall–Kier alpha value is -2.17. The Kier molecular flexibility index (Phi) is 6.34. The second kappa shape index (κ2) is 8.28. The molecule has 138 valence electrons. The largest absolute Gasteiger partial charge is 0.497 e. The lowest BCUT2D eigenvalue weighted by atomic mass is 9.99. The summed E-state index contributed by atoms with van der Waals surface area (Å²) in [5.74, 6) is -1.38. The highest BCUT2D eigenvalue weighted by molar-refractivity contribution is 5.89. The maximum absolute atomic E-state index is 11.4. The maximum atomic E-state index is 11.4. The van der Waals surface area contributed by atoms with Gasteiger partial charge in [0.2, 0.25) is 12.0 Å². The summed E-state index contributed by atoms with van der Waals surface area (Å²) in [6.07, 6.45) is -6.49. The van der Waals surface area contributed by atoms with E-state index in [0.29, 0.717) is 11.3 Å². The average molecular weight is 356 g/mol. The molecule has 1 aliphatic rings. The van der Waals surface area contributed by atoms with Crippen LogP contribution >= 0.6 is 0 Å². The molecule has 0 radical (unpaired) electrons. The van der Waals surface area contributed by atoms with E-state index in [9.17, 15) is 25.2 Å². The van der Waals surface area contributed by atoms with Gasteiger partial charge in [0.1, 0.15) is 30.2 Å². The van der Waals surface area contributed by atoms with Crippen molar-refractivity contribution >= 4 is 12.0 Å². The van der Waals surface area contributed by atoms with Crippen LogP contribution in [0.15, 0.2) is 30.0 Å². The van der Waals surface area contributed by atoms with E-state index in [1.807, 2.05) is 0 Å². The third-order valence-corrected chi connectivity index (χ3v) is 3.72. The van der Waals surface area contributed by atoms with Crippen molar-refractivity contribution in [1.29, 1.82) is 0 Å². The van der Waals surface area contributed by atoms with Crippen LogP contribution in [0, 0.1) is 0 Å². The number of carbonyl (C=O) groups is 1. The Labute approximate surface area is 143 Å². The highest BCUT2D eigenvalue weighted by Gasteiger charge is 2.45.